The highest BCUT2D eigenvalue weighted by atomic mass is 32.2. The second kappa shape index (κ2) is 8.06. The van der Waals surface area contributed by atoms with Gasteiger partial charge < -0.3 is 4.90 Å². The maximum absolute atomic E-state index is 12.9. The van der Waals surface area contributed by atoms with Crippen LogP contribution in [0.15, 0.2) is 58.4 Å². The van der Waals surface area contributed by atoms with Gasteiger partial charge in [0.1, 0.15) is 0 Å². The van der Waals surface area contributed by atoms with Gasteiger partial charge in [-0.2, -0.15) is 0 Å². The Morgan fingerprint density at radius 3 is 2.67 bits per heavy atom. The van der Waals surface area contributed by atoms with E-state index in [4.69, 9.17) is 0 Å². The Morgan fingerprint density at radius 2 is 1.93 bits per heavy atom. The molecule has 1 aliphatic heterocycles. The maximum atomic E-state index is 12.9. The van der Waals surface area contributed by atoms with Gasteiger partial charge in [0.05, 0.1) is 22.2 Å². The van der Waals surface area contributed by atoms with Crippen molar-refractivity contribution in [3.8, 4) is 0 Å². The van der Waals surface area contributed by atoms with Gasteiger partial charge in [0, 0.05) is 32.3 Å². The molecule has 158 valence electrons. The summed E-state index contributed by atoms with van der Waals surface area (Å²) < 4.78 is 28.2. The van der Waals surface area contributed by atoms with Crippen LogP contribution < -0.4 is 5.69 Å². The molecule has 1 amide bonds. The normalized spacial score (nSPS) is 17.0. The summed E-state index contributed by atoms with van der Waals surface area (Å²) in [6.45, 7) is 3.33. The molecule has 1 aliphatic rings. The van der Waals surface area contributed by atoms with Crippen LogP contribution in [0.3, 0.4) is 0 Å². The summed E-state index contributed by atoms with van der Waals surface area (Å²) in [7, 11) is -3.50. The number of hydrogen-bond acceptors (Lipinski definition) is 5. The average Bonchev–Trinajstić information content (AvgIpc) is 3.34. The van der Waals surface area contributed by atoms with Crippen molar-refractivity contribution >= 4 is 26.9 Å². The summed E-state index contributed by atoms with van der Waals surface area (Å²) in [6.07, 6.45) is 2.22. The lowest BCUT2D eigenvalue weighted by Crippen LogP contribution is -2.33. The van der Waals surface area contributed by atoms with Gasteiger partial charge in [0.2, 0.25) is 5.91 Å². The number of rotatable bonds is 6. The van der Waals surface area contributed by atoms with Gasteiger partial charge in [0.15, 0.2) is 15.5 Å². The molecule has 0 unspecified atom stereocenters. The molecule has 0 bridgehead atoms. The van der Waals surface area contributed by atoms with E-state index in [1.165, 1.54) is 12.1 Å². The predicted octanol–water partition coefficient (Wildman–Crippen LogP) is 1.86. The number of benzene rings is 1. The van der Waals surface area contributed by atoms with Crippen LogP contribution in [0.5, 0.6) is 0 Å². The molecule has 0 N–H and O–H groups in total. The summed E-state index contributed by atoms with van der Waals surface area (Å²) in [6, 6.07) is 11.7. The van der Waals surface area contributed by atoms with Gasteiger partial charge in [-0.15, -0.1) is 0 Å². The monoisotopic (exact) mass is 428 g/mol. The Bertz CT molecular complexity index is 1230. The molecule has 0 radical (unpaired) electrons. The third-order valence-corrected chi connectivity index (χ3v) is 7.34. The fraction of sp³-hybridized carbons (Fsp3) is 0.381. The number of amides is 1. The molecule has 1 fully saturated rings. The van der Waals surface area contributed by atoms with Crippen molar-refractivity contribution in [2.45, 2.75) is 37.2 Å². The molecular formula is C21H24N4O4S. The van der Waals surface area contributed by atoms with Crippen LogP contribution in [0.2, 0.25) is 0 Å². The Balaban J connectivity index is 1.48. The zero-order chi connectivity index (χ0) is 21.3. The summed E-state index contributed by atoms with van der Waals surface area (Å²) in [4.78, 5) is 31.8. The van der Waals surface area contributed by atoms with E-state index in [1.807, 2.05) is 13.0 Å². The largest absolute Gasteiger partial charge is 0.341 e. The molecule has 3 heterocycles. The van der Waals surface area contributed by atoms with Gasteiger partial charge in [-0.3, -0.25) is 13.9 Å². The lowest BCUT2D eigenvalue weighted by Gasteiger charge is -2.17. The van der Waals surface area contributed by atoms with E-state index in [0.717, 1.165) is 5.52 Å². The first-order valence-corrected chi connectivity index (χ1v) is 11.7. The van der Waals surface area contributed by atoms with Crippen LogP contribution in [0.4, 0.5) is 0 Å². The smallest absolute Gasteiger partial charge is 0.330 e. The number of carbonyl (C=O) groups is 1. The molecule has 3 aromatic rings. The van der Waals surface area contributed by atoms with E-state index < -0.39 is 9.84 Å². The van der Waals surface area contributed by atoms with Crippen molar-refractivity contribution in [1.82, 2.24) is 19.0 Å². The van der Waals surface area contributed by atoms with Gasteiger partial charge in [0.25, 0.3) is 0 Å². The third-order valence-electron chi connectivity index (χ3n) is 5.61. The minimum atomic E-state index is -3.50. The number of aryl methyl sites for hydroxylation is 1. The molecule has 30 heavy (non-hydrogen) atoms. The average molecular weight is 429 g/mol. The number of hydrogen-bond donors (Lipinski definition) is 0. The maximum Gasteiger partial charge on any atom is 0.330 e. The van der Waals surface area contributed by atoms with E-state index in [2.05, 4.69) is 4.98 Å². The first-order valence-electron chi connectivity index (χ1n) is 10.0. The fourth-order valence-corrected chi connectivity index (χ4v) is 5.30. The van der Waals surface area contributed by atoms with E-state index in [1.54, 1.807) is 44.5 Å². The number of sulfone groups is 1. The number of likely N-dealkylation sites (tertiary alicyclic amines) is 1. The molecule has 4 rings (SSSR count). The van der Waals surface area contributed by atoms with E-state index in [-0.39, 0.29) is 34.7 Å². The van der Waals surface area contributed by atoms with Crippen LogP contribution in [0.1, 0.15) is 25.8 Å². The minimum absolute atomic E-state index is 0.0756. The van der Waals surface area contributed by atoms with Gasteiger partial charge in [-0.05, 0) is 37.6 Å². The molecule has 8 nitrogen and oxygen atoms in total. The highest BCUT2D eigenvalue weighted by molar-refractivity contribution is 7.91. The van der Waals surface area contributed by atoms with Gasteiger partial charge >= 0.3 is 5.69 Å². The molecule has 0 saturated carbocycles. The SMILES string of the molecule is CCn1c(=O)n([C@@H]2CCN(C(=O)CCS(=O)(=O)c3ccccc3)C2)c2ncccc21. The van der Waals surface area contributed by atoms with E-state index >= 15 is 0 Å². The van der Waals surface area contributed by atoms with Crippen molar-refractivity contribution in [3.05, 3.63) is 59.1 Å². The van der Waals surface area contributed by atoms with Crippen LogP contribution in [-0.4, -0.2) is 52.2 Å². The van der Waals surface area contributed by atoms with Crippen LogP contribution in [0.25, 0.3) is 11.2 Å². The molecule has 9 heteroatoms. The summed E-state index contributed by atoms with van der Waals surface area (Å²) >= 11 is 0. The lowest BCUT2D eigenvalue weighted by molar-refractivity contribution is -0.129. The molecule has 0 spiro atoms. The Labute approximate surface area is 174 Å². The number of pyridine rings is 1. The van der Waals surface area contributed by atoms with E-state index in [0.29, 0.717) is 31.7 Å². The standard InChI is InChI=1S/C21H24N4O4S/c1-2-24-18-9-6-12-22-20(18)25(21(24)27)16-10-13-23(15-16)19(26)11-14-30(28,29)17-7-4-3-5-8-17/h3-9,12,16H,2,10-11,13-15H2,1H3/t16-/m1/s1. The summed E-state index contributed by atoms with van der Waals surface area (Å²) in [5, 5.41) is 0. The number of nitrogens with zero attached hydrogens (tertiary/aromatic N) is 4. The molecule has 1 aromatic carbocycles. The van der Waals surface area contributed by atoms with Crippen LogP contribution >= 0.6 is 0 Å². The number of carbonyl (C=O) groups excluding carboxylic acids is 1. The second-order valence-electron chi connectivity index (χ2n) is 7.41. The fourth-order valence-electron chi connectivity index (χ4n) is 4.05. The molecule has 1 saturated heterocycles. The number of fused-ring (bicyclic) bond motifs is 1. The number of aromatic nitrogens is 3. The Hall–Kier alpha value is -2.94. The highest BCUT2D eigenvalue weighted by Gasteiger charge is 2.31. The summed E-state index contributed by atoms with van der Waals surface area (Å²) in [5.41, 5.74) is 1.27. The number of imidazole rings is 1. The molecule has 2 aromatic heterocycles. The quantitative estimate of drug-likeness (QED) is 0.597. The Kier molecular flexibility index (Phi) is 5.46. The molecular weight excluding hydrogens is 404 g/mol. The lowest BCUT2D eigenvalue weighted by atomic mass is 10.2. The van der Waals surface area contributed by atoms with Crippen molar-refractivity contribution in [3.63, 3.8) is 0 Å². The van der Waals surface area contributed by atoms with Crippen LogP contribution in [-0.2, 0) is 21.2 Å². The van der Waals surface area contributed by atoms with Crippen LogP contribution in [0, 0.1) is 0 Å². The van der Waals surface area contributed by atoms with Gasteiger partial charge in [-0.1, -0.05) is 18.2 Å². The van der Waals surface area contributed by atoms with Crippen molar-refractivity contribution < 1.29 is 13.2 Å². The first-order chi connectivity index (χ1) is 14.4. The zero-order valence-corrected chi connectivity index (χ0v) is 17.6. The predicted molar refractivity (Wildman–Crippen MR) is 113 cm³/mol. The highest BCUT2D eigenvalue weighted by Crippen LogP contribution is 2.25. The topological polar surface area (TPSA) is 94.3 Å². The second-order valence-corrected chi connectivity index (χ2v) is 9.52. The minimum Gasteiger partial charge on any atom is -0.341 e. The first kappa shape index (κ1) is 20.3. The Morgan fingerprint density at radius 1 is 1.17 bits per heavy atom. The van der Waals surface area contributed by atoms with Crippen molar-refractivity contribution in [2.75, 3.05) is 18.8 Å². The molecule has 1 atom stereocenters. The van der Waals surface area contributed by atoms with Gasteiger partial charge in [-0.25, -0.2) is 18.2 Å². The third kappa shape index (κ3) is 3.65. The van der Waals surface area contributed by atoms with E-state index in [9.17, 15) is 18.0 Å². The summed E-state index contributed by atoms with van der Waals surface area (Å²) in [5.74, 6) is -0.439. The van der Waals surface area contributed by atoms with Crippen molar-refractivity contribution in [1.29, 1.82) is 0 Å². The zero-order valence-electron chi connectivity index (χ0n) is 16.8. The van der Waals surface area contributed by atoms with Crippen molar-refractivity contribution in [2.24, 2.45) is 0 Å². The molecule has 0 aliphatic carbocycles.